The van der Waals surface area contributed by atoms with Crippen LogP contribution in [0.5, 0.6) is 0 Å². The highest BCUT2D eigenvalue weighted by Gasteiger charge is 2.25. The molecular formula is C18H30N2. The summed E-state index contributed by atoms with van der Waals surface area (Å²) in [6, 6.07) is 7.16. The van der Waals surface area contributed by atoms with E-state index in [0.29, 0.717) is 0 Å². The second-order valence-electron chi connectivity index (χ2n) is 6.39. The molecule has 0 aliphatic heterocycles. The minimum Gasteiger partial charge on any atom is -0.371 e. The first-order valence-corrected chi connectivity index (χ1v) is 8.24. The van der Waals surface area contributed by atoms with Crippen LogP contribution in [0.2, 0.25) is 0 Å². The van der Waals surface area contributed by atoms with E-state index in [4.69, 9.17) is 5.73 Å². The standard InChI is InChI=1S/C18H30N2/c1-4-10-20(13-15-7-8-15)18-9-6-14(3)11-16(18)12-17(19)5-2/h6,9,11,15,17H,4-5,7-8,10,12-13,19H2,1-3H3. The van der Waals surface area contributed by atoms with Gasteiger partial charge in [-0.15, -0.1) is 0 Å². The molecule has 20 heavy (non-hydrogen) atoms. The number of hydrogen-bond donors (Lipinski definition) is 1. The minimum atomic E-state index is 0.278. The predicted octanol–water partition coefficient (Wildman–Crippen LogP) is 3.90. The van der Waals surface area contributed by atoms with E-state index in [9.17, 15) is 0 Å². The molecule has 0 amide bonds. The first-order valence-electron chi connectivity index (χ1n) is 8.24. The monoisotopic (exact) mass is 274 g/mol. The SMILES string of the molecule is CCCN(CC1CC1)c1ccc(C)cc1CC(N)CC. The van der Waals surface area contributed by atoms with Gasteiger partial charge in [-0.2, -0.15) is 0 Å². The number of benzene rings is 1. The van der Waals surface area contributed by atoms with E-state index in [1.54, 1.807) is 0 Å². The Labute approximate surface area is 124 Å². The molecule has 2 N–H and O–H groups in total. The van der Waals surface area contributed by atoms with Crippen LogP contribution >= 0.6 is 0 Å². The van der Waals surface area contributed by atoms with Crippen LogP contribution in [-0.2, 0) is 6.42 Å². The number of anilines is 1. The van der Waals surface area contributed by atoms with Crippen LogP contribution in [0.25, 0.3) is 0 Å². The summed E-state index contributed by atoms with van der Waals surface area (Å²) in [5.74, 6) is 0.926. The topological polar surface area (TPSA) is 29.3 Å². The molecule has 1 aliphatic carbocycles. The van der Waals surface area contributed by atoms with Crippen molar-refractivity contribution in [3.05, 3.63) is 29.3 Å². The highest BCUT2D eigenvalue weighted by molar-refractivity contribution is 5.55. The van der Waals surface area contributed by atoms with E-state index < -0.39 is 0 Å². The fourth-order valence-electron chi connectivity index (χ4n) is 2.81. The molecule has 1 unspecified atom stereocenters. The van der Waals surface area contributed by atoms with Gasteiger partial charge in [0.25, 0.3) is 0 Å². The van der Waals surface area contributed by atoms with Gasteiger partial charge < -0.3 is 10.6 Å². The van der Waals surface area contributed by atoms with Crippen molar-refractivity contribution >= 4 is 5.69 Å². The van der Waals surface area contributed by atoms with Gasteiger partial charge in [-0.25, -0.2) is 0 Å². The summed E-state index contributed by atoms with van der Waals surface area (Å²) < 4.78 is 0. The van der Waals surface area contributed by atoms with E-state index in [1.807, 2.05) is 0 Å². The highest BCUT2D eigenvalue weighted by Crippen LogP contribution is 2.33. The fraction of sp³-hybridized carbons (Fsp3) is 0.667. The van der Waals surface area contributed by atoms with E-state index in [0.717, 1.165) is 25.3 Å². The normalized spacial score (nSPS) is 16.2. The molecule has 0 bridgehead atoms. The first-order chi connectivity index (χ1) is 9.63. The second kappa shape index (κ2) is 7.12. The van der Waals surface area contributed by atoms with Crippen molar-refractivity contribution in [2.24, 2.45) is 11.7 Å². The molecule has 0 heterocycles. The van der Waals surface area contributed by atoms with Crippen molar-refractivity contribution in [2.45, 2.75) is 58.9 Å². The Morgan fingerprint density at radius 2 is 2.05 bits per heavy atom. The predicted molar refractivity (Wildman–Crippen MR) is 88.4 cm³/mol. The Bertz CT molecular complexity index is 423. The van der Waals surface area contributed by atoms with Crippen LogP contribution in [0.4, 0.5) is 5.69 Å². The summed E-state index contributed by atoms with van der Waals surface area (Å²) in [5.41, 5.74) is 10.4. The number of rotatable bonds is 8. The van der Waals surface area contributed by atoms with Crippen molar-refractivity contribution in [1.29, 1.82) is 0 Å². The smallest absolute Gasteiger partial charge is 0.0399 e. The molecule has 2 nitrogen and oxygen atoms in total. The Balaban J connectivity index is 2.21. The van der Waals surface area contributed by atoms with Gasteiger partial charge in [0.15, 0.2) is 0 Å². The molecular weight excluding hydrogens is 244 g/mol. The van der Waals surface area contributed by atoms with Crippen molar-refractivity contribution in [3.8, 4) is 0 Å². The van der Waals surface area contributed by atoms with E-state index in [1.165, 1.54) is 42.6 Å². The van der Waals surface area contributed by atoms with Crippen LogP contribution in [0.15, 0.2) is 18.2 Å². The lowest BCUT2D eigenvalue weighted by atomic mass is 9.99. The van der Waals surface area contributed by atoms with Gasteiger partial charge in [-0.1, -0.05) is 31.5 Å². The average Bonchev–Trinajstić information content (AvgIpc) is 3.22. The molecule has 1 saturated carbocycles. The van der Waals surface area contributed by atoms with Crippen molar-refractivity contribution in [3.63, 3.8) is 0 Å². The van der Waals surface area contributed by atoms with Gasteiger partial charge in [-0.3, -0.25) is 0 Å². The molecule has 0 aromatic heterocycles. The highest BCUT2D eigenvalue weighted by atomic mass is 15.1. The lowest BCUT2D eigenvalue weighted by Crippen LogP contribution is -2.29. The maximum absolute atomic E-state index is 6.19. The molecule has 1 atom stereocenters. The van der Waals surface area contributed by atoms with E-state index in [2.05, 4.69) is 43.9 Å². The fourth-order valence-corrected chi connectivity index (χ4v) is 2.81. The number of hydrogen-bond acceptors (Lipinski definition) is 2. The zero-order valence-electron chi connectivity index (χ0n) is 13.4. The summed E-state index contributed by atoms with van der Waals surface area (Å²) in [6.07, 6.45) is 6.08. The Morgan fingerprint density at radius 1 is 1.30 bits per heavy atom. The third-order valence-electron chi connectivity index (χ3n) is 4.25. The van der Waals surface area contributed by atoms with Crippen LogP contribution in [0, 0.1) is 12.8 Å². The summed E-state index contributed by atoms with van der Waals surface area (Å²) >= 11 is 0. The third kappa shape index (κ3) is 4.24. The molecule has 0 saturated heterocycles. The maximum Gasteiger partial charge on any atom is 0.0399 e. The van der Waals surface area contributed by atoms with Gasteiger partial charge >= 0.3 is 0 Å². The largest absolute Gasteiger partial charge is 0.371 e. The zero-order valence-corrected chi connectivity index (χ0v) is 13.4. The molecule has 2 heteroatoms. The van der Waals surface area contributed by atoms with Gasteiger partial charge in [0, 0.05) is 24.8 Å². The van der Waals surface area contributed by atoms with Gasteiger partial charge in [0.05, 0.1) is 0 Å². The van der Waals surface area contributed by atoms with Crippen LogP contribution < -0.4 is 10.6 Å². The van der Waals surface area contributed by atoms with Crippen LogP contribution in [-0.4, -0.2) is 19.1 Å². The van der Waals surface area contributed by atoms with Crippen LogP contribution in [0.3, 0.4) is 0 Å². The van der Waals surface area contributed by atoms with E-state index >= 15 is 0 Å². The summed E-state index contributed by atoms with van der Waals surface area (Å²) in [7, 11) is 0. The average molecular weight is 274 g/mol. The van der Waals surface area contributed by atoms with Gasteiger partial charge in [0.1, 0.15) is 0 Å². The van der Waals surface area contributed by atoms with Crippen molar-refractivity contribution < 1.29 is 0 Å². The zero-order chi connectivity index (χ0) is 14.5. The van der Waals surface area contributed by atoms with Crippen molar-refractivity contribution in [2.75, 3.05) is 18.0 Å². The molecule has 1 aliphatic rings. The quantitative estimate of drug-likeness (QED) is 0.779. The number of nitrogens with two attached hydrogens (primary N) is 1. The maximum atomic E-state index is 6.19. The molecule has 1 aromatic rings. The lowest BCUT2D eigenvalue weighted by molar-refractivity contribution is 0.640. The summed E-state index contributed by atoms with van der Waals surface area (Å²) in [6.45, 7) is 9.01. The Morgan fingerprint density at radius 3 is 2.65 bits per heavy atom. The summed E-state index contributed by atoms with van der Waals surface area (Å²) in [5, 5.41) is 0. The Hall–Kier alpha value is -1.02. The molecule has 112 valence electrons. The van der Waals surface area contributed by atoms with Gasteiger partial charge in [-0.05, 0) is 56.6 Å². The molecule has 1 fully saturated rings. The van der Waals surface area contributed by atoms with Crippen molar-refractivity contribution in [1.82, 2.24) is 0 Å². The third-order valence-corrected chi connectivity index (χ3v) is 4.25. The second-order valence-corrected chi connectivity index (χ2v) is 6.39. The van der Waals surface area contributed by atoms with Crippen LogP contribution in [0.1, 0.15) is 50.7 Å². The molecule has 0 radical (unpaired) electrons. The lowest BCUT2D eigenvalue weighted by Gasteiger charge is -2.28. The molecule has 1 aromatic carbocycles. The summed E-state index contributed by atoms with van der Waals surface area (Å²) in [4.78, 5) is 2.59. The molecule has 2 rings (SSSR count). The Kier molecular flexibility index (Phi) is 5.47. The number of nitrogens with zero attached hydrogens (tertiary/aromatic N) is 1. The first kappa shape index (κ1) is 15.4. The van der Waals surface area contributed by atoms with Gasteiger partial charge in [0.2, 0.25) is 0 Å². The minimum absolute atomic E-state index is 0.278. The number of aryl methyl sites for hydroxylation is 1. The molecule has 0 spiro atoms. The van der Waals surface area contributed by atoms with E-state index in [-0.39, 0.29) is 6.04 Å².